The number of hydrogen-bond acceptors (Lipinski definition) is 4. The van der Waals surface area contributed by atoms with Gasteiger partial charge in [0, 0.05) is 38.2 Å². The van der Waals surface area contributed by atoms with E-state index >= 15 is 0 Å². The molecule has 0 unspecified atom stereocenters. The van der Waals surface area contributed by atoms with Crippen molar-refractivity contribution in [3.63, 3.8) is 0 Å². The molecule has 0 aliphatic rings. The van der Waals surface area contributed by atoms with Crippen LogP contribution in [-0.2, 0) is 24.7 Å². The monoisotopic (exact) mass is 1090 g/mol. The molecule has 0 bridgehead atoms. The van der Waals surface area contributed by atoms with Gasteiger partial charge in [0.05, 0.1) is 61.3 Å². The van der Waals surface area contributed by atoms with Crippen molar-refractivity contribution in [2.75, 3.05) is 0 Å². The minimum Gasteiger partial charge on any atom is -0.308 e. The number of fused-ring (bicyclic) bond motifs is 6. The molecule has 394 valence electrons. The first-order valence-corrected chi connectivity index (χ1v) is 24.2. The number of aromatic nitrogens is 5. The number of benzene rings is 9. The van der Waals surface area contributed by atoms with Crippen LogP contribution in [0.15, 0.2) is 194 Å². The first-order chi connectivity index (χ1) is 38.1. The lowest BCUT2D eigenvalue weighted by Crippen LogP contribution is -2.11. The summed E-state index contributed by atoms with van der Waals surface area (Å²) in [5.41, 5.74) is -2.59. The fraction of sp³-hybridized carbons (Fsp3) is 0.0645. The number of halogens is 12. The number of nitriles is 1. The maximum absolute atomic E-state index is 14.2. The quantitative estimate of drug-likeness (QED) is 0.149. The van der Waals surface area contributed by atoms with Crippen LogP contribution >= 0.6 is 0 Å². The van der Waals surface area contributed by atoms with Crippen molar-refractivity contribution in [1.29, 1.82) is 5.26 Å². The van der Waals surface area contributed by atoms with Crippen LogP contribution < -0.4 is 0 Å². The fourth-order valence-corrected chi connectivity index (χ4v) is 10.2. The summed E-state index contributed by atoms with van der Waals surface area (Å²) < 4.78 is 173. The predicted octanol–water partition coefficient (Wildman–Crippen LogP) is 18.3. The van der Waals surface area contributed by atoms with Crippen molar-refractivity contribution in [2.45, 2.75) is 24.7 Å². The van der Waals surface area contributed by atoms with Crippen LogP contribution in [0.1, 0.15) is 27.8 Å². The van der Waals surface area contributed by atoms with Gasteiger partial charge < -0.3 is 9.13 Å². The van der Waals surface area contributed by atoms with Crippen molar-refractivity contribution in [1.82, 2.24) is 24.1 Å². The van der Waals surface area contributed by atoms with E-state index in [-0.39, 0.29) is 63.1 Å². The Labute approximate surface area is 444 Å². The van der Waals surface area contributed by atoms with Gasteiger partial charge >= 0.3 is 24.7 Å². The summed E-state index contributed by atoms with van der Waals surface area (Å²) in [7, 11) is 0. The molecule has 0 aliphatic carbocycles. The molecule has 0 amide bonds. The van der Waals surface area contributed by atoms with E-state index in [0.29, 0.717) is 90.3 Å². The normalized spacial score (nSPS) is 12.5. The molecular weight excluding hydrogens is 1060 g/mol. The van der Waals surface area contributed by atoms with Crippen molar-refractivity contribution in [3.05, 3.63) is 222 Å². The highest BCUT2D eigenvalue weighted by Crippen LogP contribution is 2.45. The molecule has 6 nitrogen and oxygen atoms in total. The summed E-state index contributed by atoms with van der Waals surface area (Å²) in [5, 5.41) is 13.2. The summed E-state index contributed by atoms with van der Waals surface area (Å²) in [6.07, 6.45) is -20.4. The Morgan fingerprint density at radius 1 is 0.312 bits per heavy atom. The molecule has 0 spiro atoms. The second kappa shape index (κ2) is 18.7. The topological polar surface area (TPSA) is 72.3 Å². The minimum atomic E-state index is -5.11. The molecule has 3 heterocycles. The van der Waals surface area contributed by atoms with Crippen molar-refractivity contribution in [2.24, 2.45) is 0 Å². The number of para-hydroxylation sites is 2. The molecule has 12 aromatic rings. The second-order valence-electron chi connectivity index (χ2n) is 18.8. The lowest BCUT2D eigenvalue weighted by Gasteiger charge is -2.19. The molecule has 0 fully saturated rings. The predicted molar refractivity (Wildman–Crippen MR) is 280 cm³/mol. The Bertz CT molecular complexity index is 4370. The van der Waals surface area contributed by atoms with E-state index in [4.69, 9.17) is 15.0 Å². The first-order valence-electron chi connectivity index (χ1n) is 24.2. The van der Waals surface area contributed by atoms with Crippen LogP contribution in [0.4, 0.5) is 52.7 Å². The van der Waals surface area contributed by atoms with Crippen molar-refractivity contribution in [3.8, 4) is 73.9 Å². The summed E-state index contributed by atoms with van der Waals surface area (Å²) >= 11 is 0. The van der Waals surface area contributed by atoms with Crippen LogP contribution in [0.3, 0.4) is 0 Å². The molecule has 0 saturated heterocycles. The lowest BCUT2D eigenvalue weighted by molar-refractivity contribution is -0.144. The zero-order chi connectivity index (χ0) is 56.0. The van der Waals surface area contributed by atoms with Crippen molar-refractivity contribution < 1.29 is 52.7 Å². The molecule has 3 aromatic heterocycles. The highest BCUT2D eigenvalue weighted by Gasteiger charge is 2.39. The molecule has 0 N–H and O–H groups in total. The van der Waals surface area contributed by atoms with Crippen molar-refractivity contribution >= 4 is 43.6 Å². The van der Waals surface area contributed by atoms with Gasteiger partial charge in [-0.25, -0.2) is 15.0 Å². The number of alkyl halides is 12. The van der Waals surface area contributed by atoms with Crippen LogP contribution in [0.5, 0.6) is 0 Å². The van der Waals surface area contributed by atoms with Gasteiger partial charge in [0.2, 0.25) is 0 Å². The molecule has 0 atom stereocenters. The van der Waals surface area contributed by atoms with Crippen LogP contribution in [-0.4, -0.2) is 24.1 Å². The number of rotatable bonds is 7. The summed E-state index contributed by atoms with van der Waals surface area (Å²) in [4.78, 5) is 15.0. The smallest absolute Gasteiger partial charge is 0.308 e. The van der Waals surface area contributed by atoms with Gasteiger partial charge in [0.1, 0.15) is 6.07 Å². The molecular formula is C62H32F12N6. The third-order valence-corrected chi connectivity index (χ3v) is 13.8. The van der Waals surface area contributed by atoms with Crippen LogP contribution in [0.25, 0.3) is 111 Å². The van der Waals surface area contributed by atoms with Gasteiger partial charge in [-0.05, 0) is 107 Å². The molecule has 80 heavy (non-hydrogen) atoms. The van der Waals surface area contributed by atoms with E-state index in [1.165, 1.54) is 24.3 Å². The van der Waals surface area contributed by atoms with Crippen LogP contribution in [0, 0.1) is 11.3 Å². The zero-order valence-corrected chi connectivity index (χ0v) is 40.7. The van der Waals surface area contributed by atoms with Gasteiger partial charge in [-0.1, -0.05) is 109 Å². The Morgan fingerprint density at radius 3 is 1.07 bits per heavy atom. The SMILES string of the molecule is N#Cc1cc(-n2c3ccccc3c3cc(-c4cc(C(F)(F)F)cc(C(F)(F)F)c4)ccc32)c(-c2nc(-c3ccccc3)nc(-c3ccccc3)n2)cc1-n1c2ccccc2c2cc(-c3cc(C(F)(F)F)cc(C(F)(F)F)c3)ccc21. The average Bonchev–Trinajstić information content (AvgIpc) is 4.15. The van der Waals surface area contributed by atoms with Gasteiger partial charge in [0.15, 0.2) is 17.5 Å². The molecule has 18 heteroatoms. The third kappa shape index (κ3) is 9.09. The Balaban J connectivity index is 1.15. The average molecular weight is 1090 g/mol. The maximum atomic E-state index is 14.2. The summed E-state index contributed by atoms with van der Waals surface area (Å²) in [5.74, 6) is 0.605. The maximum Gasteiger partial charge on any atom is 0.416 e. The Hall–Kier alpha value is -9.76. The highest BCUT2D eigenvalue weighted by atomic mass is 19.4. The highest BCUT2D eigenvalue weighted by molar-refractivity contribution is 6.12. The van der Waals surface area contributed by atoms with E-state index in [1.807, 2.05) is 12.1 Å². The second-order valence-corrected chi connectivity index (χ2v) is 18.8. The third-order valence-electron chi connectivity index (χ3n) is 13.8. The molecule has 12 rings (SSSR count). The summed E-state index contributed by atoms with van der Waals surface area (Å²) in [6.45, 7) is 0. The van der Waals surface area contributed by atoms with E-state index in [1.54, 1.807) is 130 Å². The lowest BCUT2D eigenvalue weighted by atomic mass is 9.97. The first kappa shape index (κ1) is 51.0. The number of nitrogens with zero attached hydrogens (tertiary/aromatic N) is 6. The van der Waals surface area contributed by atoms with Gasteiger partial charge in [-0.3, -0.25) is 0 Å². The fourth-order valence-electron chi connectivity index (χ4n) is 10.2. The standard InChI is InChI=1S/C62H32F12N6/c63-59(64,65)41-23-38(24-42(30-41)60(66,67)68)36-19-21-52-47(27-36)45-15-7-9-17-50(45)79(52)54-32-49(58-77-56(34-11-3-1-4-12-34)76-57(78-58)35-13-5-2-6-14-35)55(29-40(54)33-75)80-51-18-10-8-16-46(51)48-28-37(20-22-53(48)80)39-25-43(61(69,70)71)31-44(26-39)62(72,73)74/h1-32H. The Morgan fingerprint density at radius 2 is 0.675 bits per heavy atom. The summed E-state index contributed by atoms with van der Waals surface area (Å²) in [6, 6.07) is 49.2. The largest absolute Gasteiger partial charge is 0.416 e. The van der Waals surface area contributed by atoms with E-state index in [0.717, 1.165) is 0 Å². The number of hydrogen-bond donors (Lipinski definition) is 0. The van der Waals surface area contributed by atoms with E-state index in [9.17, 15) is 57.9 Å². The molecule has 9 aromatic carbocycles. The molecule has 0 saturated carbocycles. The Kier molecular flexibility index (Phi) is 11.9. The molecule has 0 radical (unpaired) electrons. The molecule has 0 aliphatic heterocycles. The minimum absolute atomic E-state index is 0.0454. The zero-order valence-electron chi connectivity index (χ0n) is 40.7. The van der Waals surface area contributed by atoms with Gasteiger partial charge in [0.25, 0.3) is 0 Å². The van der Waals surface area contributed by atoms with Gasteiger partial charge in [-0.2, -0.15) is 57.9 Å². The van der Waals surface area contributed by atoms with Gasteiger partial charge in [-0.15, -0.1) is 0 Å². The van der Waals surface area contributed by atoms with E-state index in [2.05, 4.69) is 6.07 Å². The van der Waals surface area contributed by atoms with E-state index < -0.39 is 47.0 Å². The van der Waals surface area contributed by atoms with Crippen LogP contribution in [0.2, 0.25) is 0 Å².